The van der Waals surface area contributed by atoms with Crippen molar-refractivity contribution in [1.82, 2.24) is 15.7 Å². The number of nitrogens with one attached hydrogen (secondary N) is 1. The topological polar surface area (TPSA) is 101 Å². The summed E-state index contributed by atoms with van der Waals surface area (Å²) in [4.78, 5) is 11.7. The fraction of sp³-hybridized carbons (Fsp3) is 0.143. The van der Waals surface area contributed by atoms with E-state index < -0.39 is 5.91 Å². The van der Waals surface area contributed by atoms with Gasteiger partial charge in [-0.3, -0.25) is 4.79 Å². The summed E-state index contributed by atoms with van der Waals surface area (Å²) in [6.45, 7) is 5.22. The van der Waals surface area contributed by atoms with Gasteiger partial charge < -0.3 is 5.11 Å². The van der Waals surface area contributed by atoms with Crippen molar-refractivity contribution in [2.24, 2.45) is 5.10 Å². The molecule has 0 aliphatic carbocycles. The minimum absolute atomic E-state index is 0.0665. The molecule has 1 aromatic carbocycles. The Balaban J connectivity index is 2.08. The van der Waals surface area contributed by atoms with E-state index >= 15 is 0 Å². The number of carbonyl (C=O) groups excluding carboxylic acids is 1. The first kappa shape index (κ1) is 14.4. The number of hydrogen-bond acceptors (Lipinski definition) is 6. The number of rotatable bonds is 5. The van der Waals surface area contributed by atoms with Crippen molar-refractivity contribution in [3.63, 3.8) is 0 Å². The van der Waals surface area contributed by atoms with Crippen LogP contribution in [-0.2, 0) is 6.42 Å². The number of carbonyl (C=O) groups is 1. The van der Waals surface area contributed by atoms with Gasteiger partial charge in [-0.15, -0.1) is 6.58 Å². The third-order valence-electron chi connectivity index (χ3n) is 2.75. The number of amides is 1. The molecule has 0 unspecified atom stereocenters. The SMILES string of the molecule is C=CCc1cccc(/C=N\NC(=O)c2nonc2C)c1O. The quantitative estimate of drug-likeness (QED) is 0.493. The van der Waals surface area contributed by atoms with Gasteiger partial charge in [-0.25, -0.2) is 10.1 Å². The Morgan fingerprint density at radius 2 is 2.33 bits per heavy atom. The number of aryl methyl sites for hydroxylation is 1. The second-order valence-electron chi connectivity index (χ2n) is 4.25. The van der Waals surface area contributed by atoms with Crippen LogP contribution in [0.15, 0.2) is 40.6 Å². The molecular formula is C14H14N4O3. The monoisotopic (exact) mass is 286 g/mol. The molecular weight excluding hydrogens is 272 g/mol. The molecule has 0 saturated heterocycles. The predicted octanol–water partition coefficient (Wildman–Crippen LogP) is 1.58. The first-order valence-corrected chi connectivity index (χ1v) is 6.17. The maximum atomic E-state index is 11.7. The van der Waals surface area contributed by atoms with Crippen LogP contribution in [0.25, 0.3) is 0 Å². The van der Waals surface area contributed by atoms with Crippen LogP contribution in [0.3, 0.4) is 0 Å². The third-order valence-corrected chi connectivity index (χ3v) is 2.75. The van der Waals surface area contributed by atoms with Gasteiger partial charge in [0.05, 0.1) is 6.21 Å². The van der Waals surface area contributed by atoms with E-state index in [2.05, 4.69) is 32.0 Å². The normalized spacial score (nSPS) is 10.7. The molecule has 7 nitrogen and oxygen atoms in total. The number of phenolic OH excluding ortho intramolecular Hbond substituents is 1. The Labute approximate surface area is 120 Å². The van der Waals surface area contributed by atoms with Crippen LogP contribution >= 0.6 is 0 Å². The standard InChI is InChI=1S/C14H14N4O3/c1-3-5-10-6-4-7-11(13(10)19)8-15-16-14(20)12-9(2)17-21-18-12/h3-4,6-8,19H,1,5H2,2H3,(H,16,20)/b15-8-. The number of hydrazone groups is 1. The average molecular weight is 286 g/mol. The first-order valence-electron chi connectivity index (χ1n) is 6.17. The van der Waals surface area contributed by atoms with E-state index in [1.165, 1.54) is 6.21 Å². The summed E-state index contributed by atoms with van der Waals surface area (Å²) < 4.78 is 4.43. The molecule has 1 aromatic heterocycles. The van der Waals surface area contributed by atoms with Gasteiger partial charge in [-0.2, -0.15) is 5.10 Å². The molecule has 108 valence electrons. The fourth-order valence-electron chi connectivity index (χ4n) is 1.69. The van der Waals surface area contributed by atoms with Crippen LogP contribution in [0.2, 0.25) is 0 Å². The highest BCUT2D eigenvalue weighted by Gasteiger charge is 2.13. The molecule has 0 saturated carbocycles. The van der Waals surface area contributed by atoms with Crippen LogP contribution < -0.4 is 5.43 Å². The molecule has 0 aliphatic heterocycles. The van der Waals surface area contributed by atoms with Gasteiger partial charge in [0.1, 0.15) is 11.4 Å². The Morgan fingerprint density at radius 3 is 3.00 bits per heavy atom. The molecule has 1 amide bonds. The molecule has 1 heterocycles. The first-order chi connectivity index (χ1) is 10.1. The van der Waals surface area contributed by atoms with Gasteiger partial charge >= 0.3 is 0 Å². The van der Waals surface area contributed by atoms with Crippen LogP contribution in [-0.4, -0.2) is 27.5 Å². The van der Waals surface area contributed by atoms with Crippen molar-refractivity contribution in [2.45, 2.75) is 13.3 Å². The molecule has 7 heteroatoms. The molecule has 0 atom stereocenters. The highest BCUT2D eigenvalue weighted by molar-refractivity contribution is 5.94. The Hall–Kier alpha value is -2.96. The Morgan fingerprint density at radius 1 is 1.52 bits per heavy atom. The van der Waals surface area contributed by atoms with E-state index in [-0.39, 0.29) is 11.4 Å². The third kappa shape index (κ3) is 3.33. The number of aromatic hydroxyl groups is 1. The number of para-hydroxylation sites is 1. The van der Waals surface area contributed by atoms with Gasteiger partial charge in [0.15, 0.2) is 5.69 Å². The average Bonchev–Trinajstić information content (AvgIpc) is 2.89. The minimum atomic E-state index is -0.535. The molecule has 0 aliphatic rings. The van der Waals surface area contributed by atoms with Crippen LogP contribution in [0.5, 0.6) is 5.75 Å². The van der Waals surface area contributed by atoms with E-state index in [1.54, 1.807) is 31.2 Å². The van der Waals surface area contributed by atoms with Gasteiger partial charge in [0.2, 0.25) is 0 Å². The minimum Gasteiger partial charge on any atom is -0.507 e. The number of aromatic nitrogens is 2. The number of allylic oxidation sites excluding steroid dienone is 1. The van der Waals surface area contributed by atoms with Crippen LogP contribution in [0.4, 0.5) is 0 Å². The summed E-state index contributed by atoms with van der Waals surface area (Å²) in [5.41, 5.74) is 3.95. The smallest absolute Gasteiger partial charge is 0.295 e. The molecule has 0 fully saturated rings. The van der Waals surface area contributed by atoms with Crippen molar-refractivity contribution in [3.8, 4) is 5.75 Å². The molecule has 0 spiro atoms. The molecule has 0 bridgehead atoms. The molecule has 0 radical (unpaired) electrons. The zero-order valence-electron chi connectivity index (χ0n) is 11.4. The lowest BCUT2D eigenvalue weighted by Crippen LogP contribution is -2.19. The number of phenols is 1. The van der Waals surface area contributed by atoms with Crippen molar-refractivity contribution in [3.05, 3.63) is 53.4 Å². The second kappa shape index (κ2) is 6.47. The largest absolute Gasteiger partial charge is 0.507 e. The molecule has 2 N–H and O–H groups in total. The number of hydrogen-bond donors (Lipinski definition) is 2. The highest BCUT2D eigenvalue weighted by Crippen LogP contribution is 2.21. The summed E-state index contributed by atoms with van der Waals surface area (Å²) >= 11 is 0. The zero-order valence-corrected chi connectivity index (χ0v) is 11.4. The van der Waals surface area contributed by atoms with Gasteiger partial charge in [-0.1, -0.05) is 23.4 Å². The Bertz CT molecular complexity index is 691. The van der Waals surface area contributed by atoms with Crippen molar-refractivity contribution in [2.75, 3.05) is 0 Å². The van der Waals surface area contributed by atoms with E-state index in [0.717, 1.165) is 5.56 Å². The zero-order chi connectivity index (χ0) is 15.2. The lowest BCUT2D eigenvalue weighted by molar-refractivity contribution is 0.0945. The molecule has 21 heavy (non-hydrogen) atoms. The van der Waals surface area contributed by atoms with Gasteiger partial charge in [0.25, 0.3) is 5.91 Å². The summed E-state index contributed by atoms with van der Waals surface area (Å²) in [6.07, 6.45) is 3.59. The van der Waals surface area contributed by atoms with Crippen LogP contribution in [0, 0.1) is 6.92 Å². The molecule has 2 rings (SSSR count). The summed E-state index contributed by atoms with van der Waals surface area (Å²) in [5.74, 6) is -0.429. The van der Waals surface area contributed by atoms with Gasteiger partial charge in [-0.05, 0) is 30.1 Å². The summed E-state index contributed by atoms with van der Waals surface area (Å²) in [7, 11) is 0. The van der Waals surface area contributed by atoms with Crippen molar-refractivity contribution < 1.29 is 14.5 Å². The highest BCUT2D eigenvalue weighted by atomic mass is 16.6. The van der Waals surface area contributed by atoms with Crippen molar-refractivity contribution >= 4 is 12.1 Å². The lowest BCUT2D eigenvalue weighted by Gasteiger charge is -2.04. The number of nitrogens with zero attached hydrogens (tertiary/aromatic N) is 3. The number of benzene rings is 1. The fourth-order valence-corrected chi connectivity index (χ4v) is 1.69. The maximum Gasteiger partial charge on any atom is 0.295 e. The van der Waals surface area contributed by atoms with E-state index in [0.29, 0.717) is 17.7 Å². The van der Waals surface area contributed by atoms with Crippen LogP contribution in [0.1, 0.15) is 27.3 Å². The van der Waals surface area contributed by atoms with Crippen molar-refractivity contribution in [1.29, 1.82) is 0 Å². The summed E-state index contributed by atoms with van der Waals surface area (Å²) in [5, 5.41) is 20.8. The lowest BCUT2D eigenvalue weighted by atomic mass is 10.1. The Kier molecular flexibility index (Phi) is 4.45. The maximum absolute atomic E-state index is 11.7. The second-order valence-corrected chi connectivity index (χ2v) is 4.25. The predicted molar refractivity (Wildman–Crippen MR) is 76.1 cm³/mol. The van der Waals surface area contributed by atoms with E-state index in [4.69, 9.17) is 0 Å². The van der Waals surface area contributed by atoms with E-state index in [9.17, 15) is 9.90 Å². The van der Waals surface area contributed by atoms with E-state index in [1.807, 2.05) is 0 Å². The van der Waals surface area contributed by atoms with Gasteiger partial charge in [0, 0.05) is 5.56 Å². The molecule has 2 aromatic rings. The summed E-state index contributed by atoms with van der Waals surface area (Å²) in [6, 6.07) is 5.26.